The Hall–Kier alpha value is -2.36. The smallest absolute Gasteiger partial charge is 0.336 e. The van der Waals surface area contributed by atoms with E-state index in [0.717, 1.165) is 11.1 Å². The van der Waals surface area contributed by atoms with Crippen molar-refractivity contribution >= 4 is 11.8 Å². The minimum Gasteiger partial charge on any atom is -0.478 e. The summed E-state index contributed by atoms with van der Waals surface area (Å²) in [7, 11) is 0. The molecule has 0 aliphatic carbocycles. The van der Waals surface area contributed by atoms with Crippen molar-refractivity contribution in [2.75, 3.05) is 5.73 Å². The van der Waals surface area contributed by atoms with Crippen molar-refractivity contribution in [1.82, 2.24) is 4.98 Å². The molecule has 0 spiro atoms. The highest BCUT2D eigenvalue weighted by atomic mass is 16.4. The molecule has 1 heterocycles. The molecule has 3 N–H and O–H groups in total. The molecular weight excluding hydrogens is 216 g/mol. The highest BCUT2D eigenvalue weighted by Gasteiger charge is 2.13. The van der Waals surface area contributed by atoms with Crippen molar-refractivity contribution in [3.05, 3.63) is 47.7 Å². The summed E-state index contributed by atoms with van der Waals surface area (Å²) in [5.41, 5.74) is 8.13. The first kappa shape index (κ1) is 11.1. The van der Waals surface area contributed by atoms with Gasteiger partial charge in [-0.3, -0.25) is 0 Å². The number of benzene rings is 1. The Balaban J connectivity index is 2.68. The summed E-state index contributed by atoms with van der Waals surface area (Å²) >= 11 is 0. The number of aromatic carboxylic acids is 1. The van der Waals surface area contributed by atoms with Crippen molar-refractivity contribution in [3.8, 4) is 11.1 Å². The molecule has 0 bridgehead atoms. The predicted molar refractivity (Wildman–Crippen MR) is 65.8 cm³/mol. The Bertz CT molecular complexity index is 579. The first-order chi connectivity index (χ1) is 8.09. The number of anilines is 1. The van der Waals surface area contributed by atoms with Crippen LogP contribution >= 0.6 is 0 Å². The number of carbonyl (C=O) groups is 1. The minimum absolute atomic E-state index is 0.173. The molecule has 17 heavy (non-hydrogen) atoms. The minimum atomic E-state index is -1.00. The summed E-state index contributed by atoms with van der Waals surface area (Å²) in [6.07, 6.45) is 1.50. The molecule has 0 saturated heterocycles. The Kier molecular flexibility index (Phi) is 2.78. The summed E-state index contributed by atoms with van der Waals surface area (Å²) in [4.78, 5) is 15.1. The maximum Gasteiger partial charge on any atom is 0.336 e. The highest BCUT2D eigenvalue weighted by Crippen LogP contribution is 2.27. The predicted octanol–water partition coefficient (Wildman–Crippen LogP) is 2.34. The van der Waals surface area contributed by atoms with Gasteiger partial charge in [-0.15, -0.1) is 0 Å². The van der Waals surface area contributed by atoms with Gasteiger partial charge in [0.1, 0.15) is 5.82 Å². The molecular formula is C13H12N2O2. The Morgan fingerprint density at radius 3 is 2.65 bits per heavy atom. The number of hydrogen-bond acceptors (Lipinski definition) is 3. The summed E-state index contributed by atoms with van der Waals surface area (Å²) in [6.45, 7) is 1.93. The summed E-state index contributed by atoms with van der Waals surface area (Å²) < 4.78 is 0. The number of carboxylic acid groups (broad SMARTS) is 1. The van der Waals surface area contributed by atoms with Crippen LogP contribution in [0.2, 0.25) is 0 Å². The largest absolute Gasteiger partial charge is 0.478 e. The van der Waals surface area contributed by atoms with Crippen molar-refractivity contribution in [2.45, 2.75) is 6.92 Å². The van der Waals surface area contributed by atoms with Gasteiger partial charge in [0, 0.05) is 11.8 Å². The van der Waals surface area contributed by atoms with Gasteiger partial charge in [-0.05, 0) is 24.1 Å². The number of rotatable bonds is 2. The highest BCUT2D eigenvalue weighted by molar-refractivity contribution is 5.96. The molecule has 0 aliphatic heterocycles. The Morgan fingerprint density at radius 1 is 1.29 bits per heavy atom. The number of aromatic nitrogens is 1. The molecule has 4 heteroatoms. The van der Waals surface area contributed by atoms with Crippen LogP contribution < -0.4 is 5.73 Å². The zero-order valence-electron chi connectivity index (χ0n) is 9.34. The van der Waals surface area contributed by atoms with E-state index in [-0.39, 0.29) is 11.4 Å². The lowest BCUT2D eigenvalue weighted by Crippen LogP contribution is -2.03. The second-order valence-electron chi connectivity index (χ2n) is 3.77. The number of carboxylic acids is 1. The molecule has 1 aromatic heterocycles. The lowest BCUT2D eigenvalue weighted by atomic mass is 9.98. The van der Waals surface area contributed by atoms with Crippen molar-refractivity contribution in [3.63, 3.8) is 0 Å². The average Bonchev–Trinajstić information content (AvgIpc) is 2.30. The molecule has 1 aromatic carbocycles. The Labute approximate surface area is 98.7 Å². The molecule has 2 rings (SSSR count). The summed E-state index contributed by atoms with van der Waals surface area (Å²) in [5, 5.41) is 9.16. The lowest BCUT2D eigenvalue weighted by Gasteiger charge is -2.09. The maximum absolute atomic E-state index is 11.2. The van der Waals surface area contributed by atoms with Gasteiger partial charge in [-0.1, -0.05) is 24.3 Å². The van der Waals surface area contributed by atoms with Crippen LogP contribution in [0.1, 0.15) is 15.9 Å². The van der Waals surface area contributed by atoms with E-state index in [2.05, 4.69) is 4.98 Å². The normalized spacial score (nSPS) is 10.2. The third-order valence-corrected chi connectivity index (χ3v) is 2.59. The third-order valence-electron chi connectivity index (χ3n) is 2.59. The van der Waals surface area contributed by atoms with E-state index in [9.17, 15) is 4.79 Å². The van der Waals surface area contributed by atoms with Crippen LogP contribution in [-0.4, -0.2) is 16.1 Å². The van der Waals surface area contributed by atoms with Crippen LogP contribution in [0.4, 0.5) is 5.82 Å². The zero-order chi connectivity index (χ0) is 12.4. The molecule has 0 atom stereocenters. The molecule has 86 valence electrons. The molecule has 2 aromatic rings. The van der Waals surface area contributed by atoms with Crippen molar-refractivity contribution in [2.24, 2.45) is 0 Å². The topological polar surface area (TPSA) is 76.2 Å². The molecule has 0 fully saturated rings. The van der Waals surface area contributed by atoms with Gasteiger partial charge in [0.25, 0.3) is 0 Å². The first-order valence-electron chi connectivity index (χ1n) is 5.14. The van der Waals surface area contributed by atoms with Crippen LogP contribution in [0.15, 0.2) is 36.5 Å². The van der Waals surface area contributed by atoms with Gasteiger partial charge in [0.15, 0.2) is 0 Å². The molecule has 0 radical (unpaired) electrons. The van der Waals surface area contributed by atoms with Crippen molar-refractivity contribution in [1.29, 1.82) is 0 Å². The molecule has 4 nitrogen and oxygen atoms in total. The lowest BCUT2D eigenvalue weighted by molar-refractivity contribution is 0.0697. The first-order valence-corrected chi connectivity index (χ1v) is 5.14. The van der Waals surface area contributed by atoms with Crippen LogP contribution in [0.25, 0.3) is 11.1 Å². The number of nitrogen functional groups attached to an aromatic ring is 1. The second kappa shape index (κ2) is 4.25. The second-order valence-corrected chi connectivity index (χ2v) is 3.77. The van der Waals surface area contributed by atoms with E-state index in [0.29, 0.717) is 5.56 Å². The van der Waals surface area contributed by atoms with E-state index in [1.165, 1.54) is 12.3 Å². The van der Waals surface area contributed by atoms with Gasteiger partial charge < -0.3 is 10.8 Å². The monoisotopic (exact) mass is 228 g/mol. The summed E-state index contributed by atoms with van der Waals surface area (Å²) in [5.74, 6) is -0.794. The molecule has 0 amide bonds. The number of hydrogen-bond donors (Lipinski definition) is 2. The van der Waals surface area contributed by atoms with E-state index < -0.39 is 5.97 Å². The maximum atomic E-state index is 11.2. The van der Waals surface area contributed by atoms with E-state index >= 15 is 0 Å². The average molecular weight is 228 g/mol. The van der Waals surface area contributed by atoms with Gasteiger partial charge in [-0.25, -0.2) is 9.78 Å². The van der Waals surface area contributed by atoms with Gasteiger partial charge in [0.2, 0.25) is 0 Å². The number of pyridine rings is 1. The summed E-state index contributed by atoms with van der Waals surface area (Å²) in [6, 6.07) is 8.95. The van der Waals surface area contributed by atoms with E-state index in [1.807, 2.05) is 31.2 Å². The van der Waals surface area contributed by atoms with E-state index in [1.54, 1.807) is 0 Å². The Morgan fingerprint density at radius 2 is 2.00 bits per heavy atom. The molecule has 0 saturated carbocycles. The number of nitrogens with zero attached hydrogens (tertiary/aromatic N) is 1. The fraction of sp³-hybridized carbons (Fsp3) is 0.0769. The van der Waals surface area contributed by atoms with Gasteiger partial charge >= 0.3 is 5.97 Å². The molecule has 0 aliphatic rings. The fourth-order valence-corrected chi connectivity index (χ4v) is 1.74. The quantitative estimate of drug-likeness (QED) is 0.827. The van der Waals surface area contributed by atoms with Crippen LogP contribution in [-0.2, 0) is 0 Å². The molecule has 0 unspecified atom stereocenters. The fourth-order valence-electron chi connectivity index (χ4n) is 1.74. The van der Waals surface area contributed by atoms with Crippen molar-refractivity contribution < 1.29 is 9.90 Å². The third kappa shape index (κ3) is 2.10. The SMILES string of the molecule is Cc1ccccc1-c1cnc(N)cc1C(=O)O. The zero-order valence-corrected chi connectivity index (χ0v) is 9.34. The van der Waals surface area contributed by atoms with Gasteiger partial charge in [-0.2, -0.15) is 0 Å². The van der Waals surface area contributed by atoms with Crippen LogP contribution in [0.5, 0.6) is 0 Å². The standard InChI is InChI=1S/C13H12N2O2/c1-8-4-2-3-5-9(8)11-7-15-12(14)6-10(11)13(16)17/h2-7H,1H3,(H2,14,15)(H,16,17). The van der Waals surface area contributed by atoms with Gasteiger partial charge in [0.05, 0.1) is 5.56 Å². The van der Waals surface area contributed by atoms with Crippen LogP contribution in [0.3, 0.4) is 0 Å². The number of aryl methyl sites for hydroxylation is 1. The number of nitrogens with two attached hydrogens (primary N) is 1. The van der Waals surface area contributed by atoms with Crippen LogP contribution in [0, 0.1) is 6.92 Å². The van der Waals surface area contributed by atoms with E-state index in [4.69, 9.17) is 10.8 Å².